The summed E-state index contributed by atoms with van der Waals surface area (Å²) in [5.74, 6) is 1.41. The third kappa shape index (κ3) is 8.20. The van der Waals surface area contributed by atoms with Gasteiger partial charge in [-0.1, -0.05) is 60.1 Å². The van der Waals surface area contributed by atoms with Crippen molar-refractivity contribution in [1.29, 1.82) is 0 Å². The first-order valence-corrected chi connectivity index (χ1v) is 12.4. The summed E-state index contributed by atoms with van der Waals surface area (Å²) in [7, 11) is 0. The lowest BCUT2D eigenvalue weighted by atomic mass is 9.87. The van der Waals surface area contributed by atoms with Gasteiger partial charge in [-0.2, -0.15) is 0 Å². The summed E-state index contributed by atoms with van der Waals surface area (Å²) >= 11 is 0. The van der Waals surface area contributed by atoms with E-state index in [9.17, 15) is 10.1 Å². The zero-order chi connectivity index (χ0) is 25.1. The quantitative estimate of drug-likeness (QED) is 0.181. The minimum Gasteiger partial charge on any atom is -0.487 e. The van der Waals surface area contributed by atoms with E-state index in [4.69, 9.17) is 9.47 Å². The van der Waals surface area contributed by atoms with Gasteiger partial charge in [-0.05, 0) is 49.0 Å². The number of hydrogen-bond donors (Lipinski definition) is 1. The van der Waals surface area contributed by atoms with Crippen LogP contribution in [0.3, 0.4) is 0 Å². The molecule has 0 aromatic heterocycles. The zero-order valence-electron chi connectivity index (χ0n) is 21.6. The van der Waals surface area contributed by atoms with E-state index in [-0.39, 0.29) is 21.8 Å². The van der Waals surface area contributed by atoms with Crippen molar-refractivity contribution in [3.05, 3.63) is 52.1 Å². The van der Waals surface area contributed by atoms with Crippen LogP contribution in [-0.2, 0) is 5.41 Å². The van der Waals surface area contributed by atoms with Gasteiger partial charge in [-0.15, -0.1) is 0 Å². The van der Waals surface area contributed by atoms with E-state index in [0.29, 0.717) is 30.3 Å². The van der Waals surface area contributed by atoms with Gasteiger partial charge in [0.15, 0.2) is 0 Å². The van der Waals surface area contributed by atoms with Gasteiger partial charge in [0.1, 0.15) is 17.2 Å². The molecule has 7 nitrogen and oxygen atoms in total. The maximum Gasteiger partial charge on any atom is 0.334 e. The smallest absolute Gasteiger partial charge is 0.334 e. The summed E-state index contributed by atoms with van der Waals surface area (Å²) in [6.07, 6.45) is 2.69. The van der Waals surface area contributed by atoms with E-state index < -0.39 is 0 Å². The van der Waals surface area contributed by atoms with Gasteiger partial charge < -0.3 is 19.7 Å². The lowest BCUT2D eigenvalue weighted by molar-refractivity contribution is -0.385. The molecule has 0 aliphatic carbocycles. The second-order valence-corrected chi connectivity index (χ2v) is 9.46. The van der Waals surface area contributed by atoms with Gasteiger partial charge in [0.2, 0.25) is 5.75 Å². The summed E-state index contributed by atoms with van der Waals surface area (Å²) in [6, 6.07) is 11.3. The minimum atomic E-state index is -0.379. The largest absolute Gasteiger partial charge is 0.487 e. The van der Waals surface area contributed by atoms with Gasteiger partial charge in [0.05, 0.1) is 11.5 Å². The maximum atomic E-state index is 11.9. The van der Waals surface area contributed by atoms with Crippen molar-refractivity contribution >= 4 is 11.4 Å². The lowest BCUT2D eigenvalue weighted by Crippen LogP contribution is -2.25. The molecule has 2 aromatic rings. The summed E-state index contributed by atoms with van der Waals surface area (Å²) < 4.78 is 12.0. The van der Waals surface area contributed by atoms with E-state index in [1.807, 2.05) is 24.3 Å². The Balaban J connectivity index is 2.29. The van der Waals surface area contributed by atoms with Gasteiger partial charge in [0, 0.05) is 25.2 Å². The van der Waals surface area contributed by atoms with Crippen molar-refractivity contribution < 1.29 is 14.4 Å². The van der Waals surface area contributed by atoms with Crippen LogP contribution >= 0.6 is 0 Å². The number of nitrogens with one attached hydrogen (secondary N) is 1. The topological polar surface area (TPSA) is 76.9 Å². The predicted molar refractivity (Wildman–Crippen MR) is 140 cm³/mol. The highest BCUT2D eigenvalue weighted by Gasteiger charge is 2.24. The number of benzene rings is 2. The second kappa shape index (κ2) is 13.2. The molecule has 7 heteroatoms. The Labute approximate surface area is 204 Å². The van der Waals surface area contributed by atoms with E-state index >= 15 is 0 Å². The molecule has 0 radical (unpaired) electrons. The fourth-order valence-corrected chi connectivity index (χ4v) is 3.64. The van der Waals surface area contributed by atoms with E-state index in [2.05, 4.69) is 51.8 Å². The highest BCUT2D eigenvalue weighted by atomic mass is 16.6. The van der Waals surface area contributed by atoms with E-state index in [0.717, 1.165) is 38.9 Å². The van der Waals surface area contributed by atoms with Gasteiger partial charge >= 0.3 is 5.69 Å². The number of nitrogens with zero attached hydrogens (tertiary/aromatic N) is 2. The average molecular weight is 472 g/mol. The fraction of sp³-hybridized carbons (Fsp3) is 0.556. The molecule has 0 saturated heterocycles. The van der Waals surface area contributed by atoms with Crippen LogP contribution in [0.1, 0.15) is 66.4 Å². The number of rotatable bonds is 14. The van der Waals surface area contributed by atoms with Gasteiger partial charge in [0.25, 0.3) is 0 Å². The van der Waals surface area contributed by atoms with Gasteiger partial charge in [-0.25, -0.2) is 0 Å². The molecule has 2 rings (SSSR count). The van der Waals surface area contributed by atoms with Crippen LogP contribution in [0.4, 0.5) is 11.4 Å². The zero-order valence-corrected chi connectivity index (χ0v) is 21.6. The first-order valence-electron chi connectivity index (χ1n) is 12.4. The molecule has 1 N–H and O–H groups in total. The standard InChI is InChI=1S/C27H41N3O4/c1-7-10-16-28-24-19-23(34-22-14-12-21(13-15-22)27(4,5)6)20-25(26(24)30(31)32)33-18-11-17-29(8-2)9-3/h12-15,19-20,28H,7-11,16-18H2,1-6H3. The van der Waals surface area contributed by atoms with Crippen molar-refractivity contribution in [3.63, 3.8) is 0 Å². The first-order chi connectivity index (χ1) is 16.2. The highest BCUT2D eigenvalue weighted by Crippen LogP contribution is 2.41. The summed E-state index contributed by atoms with van der Waals surface area (Å²) in [4.78, 5) is 13.9. The molecule has 0 heterocycles. The number of nitro groups is 1. The van der Waals surface area contributed by atoms with Crippen molar-refractivity contribution in [2.75, 3.05) is 38.1 Å². The molecular formula is C27H41N3O4. The highest BCUT2D eigenvalue weighted by molar-refractivity contribution is 5.71. The Morgan fingerprint density at radius 1 is 1.00 bits per heavy atom. The van der Waals surface area contributed by atoms with E-state index in [1.165, 1.54) is 5.56 Å². The Bertz CT molecular complexity index is 903. The van der Waals surface area contributed by atoms with E-state index in [1.54, 1.807) is 12.1 Å². The molecule has 188 valence electrons. The first kappa shape index (κ1) is 27.4. The normalized spacial score (nSPS) is 11.5. The van der Waals surface area contributed by atoms with Crippen LogP contribution in [0.5, 0.6) is 17.2 Å². The van der Waals surface area contributed by atoms with Crippen molar-refractivity contribution in [2.24, 2.45) is 0 Å². The van der Waals surface area contributed by atoms with Crippen molar-refractivity contribution in [1.82, 2.24) is 4.90 Å². The van der Waals surface area contributed by atoms with Crippen LogP contribution in [0.2, 0.25) is 0 Å². The molecule has 0 unspecified atom stereocenters. The van der Waals surface area contributed by atoms with Gasteiger partial charge in [-0.3, -0.25) is 10.1 Å². The molecule has 0 aliphatic rings. The SMILES string of the molecule is CCCCNc1cc(Oc2ccc(C(C)(C)C)cc2)cc(OCCCN(CC)CC)c1[N+](=O)[O-]. The van der Waals surface area contributed by atoms with Crippen LogP contribution < -0.4 is 14.8 Å². The van der Waals surface area contributed by atoms with Crippen LogP contribution in [0, 0.1) is 10.1 Å². The van der Waals surface area contributed by atoms with Crippen molar-refractivity contribution in [2.45, 2.75) is 66.2 Å². The van der Waals surface area contributed by atoms with Crippen LogP contribution in [-0.4, -0.2) is 42.6 Å². The molecular weight excluding hydrogens is 430 g/mol. The molecule has 0 aliphatic heterocycles. The molecule has 0 spiro atoms. The molecule has 0 bridgehead atoms. The summed E-state index contributed by atoms with van der Waals surface area (Å²) in [5, 5.41) is 15.2. The third-order valence-electron chi connectivity index (χ3n) is 5.80. The molecule has 0 fully saturated rings. The average Bonchev–Trinajstić information content (AvgIpc) is 2.79. The Kier molecular flexibility index (Phi) is 10.6. The monoisotopic (exact) mass is 471 g/mol. The summed E-state index contributed by atoms with van der Waals surface area (Å²) in [5.41, 5.74) is 1.63. The Hall–Kier alpha value is -2.80. The lowest BCUT2D eigenvalue weighted by Gasteiger charge is -2.19. The number of ether oxygens (including phenoxy) is 2. The van der Waals surface area contributed by atoms with Crippen LogP contribution in [0.25, 0.3) is 0 Å². The summed E-state index contributed by atoms with van der Waals surface area (Å²) in [6.45, 7) is 16.7. The number of anilines is 1. The molecule has 0 saturated carbocycles. The molecule has 2 aromatic carbocycles. The molecule has 0 atom stereocenters. The Morgan fingerprint density at radius 3 is 2.24 bits per heavy atom. The second-order valence-electron chi connectivity index (χ2n) is 9.46. The van der Waals surface area contributed by atoms with Crippen molar-refractivity contribution in [3.8, 4) is 17.2 Å². The predicted octanol–water partition coefficient (Wildman–Crippen LogP) is 7.01. The fourth-order valence-electron chi connectivity index (χ4n) is 3.64. The molecule has 34 heavy (non-hydrogen) atoms. The number of nitro benzene ring substituents is 1. The number of unbranched alkanes of at least 4 members (excludes halogenated alkanes) is 1. The maximum absolute atomic E-state index is 11.9. The third-order valence-corrected chi connectivity index (χ3v) is 5.80. The number of hydrogen-bond acceptors (Lipinski definition) is 6. The Morgan fingerprint density at radius 2 is 1.68 bits per heavy atom. The molecule has 0 amide bonds. The minimum absolute atomic E-state index is 0.0469. The van der Waals surface area contributed by atoms with Crippen LogP contribution in [0.15, 0.2) is 36.4 Å².